The molecule has 372 valence electrons. The summed E-state index contributed by atoms with van der Waals surface area (Å²) < 4.78 is 20.0. The van der Waals surface area contributed by atoms with Gasteiger partial charge in [-0.1, -0.05) is 57.9 Å². The summed E-state index contributed by atoms with van der Waals surface area (Å²) in [5, 5.41) is 6.81. The molecule has 0 saturated carbocycles. The van der Waals surface area contributed by atoms with Crippen LogP contribution in [-0.2, 0) is 46.4 Å². The molecule has 3 saturated heterocycles. The van der Waals surface area contributed by atoms with Crippen molar-refractivity contribution >= 4 is 34.6 Å². The summed E-state index contributed by atoms with van der Waals surface area (Å²) in [4.78, 5) is 84.2. The largest absolute Gasteiger partial charge is 0.464 e. The number of fused-ring (bicyclic) bond motifs is 6. The molecular weight excluding hydrogens is 893 g/mol. The van der Waals surface area contributed by atoms with Gasteiger partial charge >= 0.3 is 5.97 Å². The zero-order chi connectivity index (χ0) is 49.7. The molecule has 0 radical (unpaired) electrons. The van der Waals surface area contributed by atoms with Crippen molar-refractivity contribution in [1.82, 2.24) is 45.1 Å². The molecule has 6 bridgehead atoms. The lowest BCUT2D eigenvalue weighted by molar-refractivity contribution is -0.732. The van der Waals surface area contributed by atoms with E-state index in [1.165, 1.54) is 23.5 Å². The highest BCUT2D eigenvalue weighted by molar-refractivity contribution is 5.95. The monoisotopic (exact) mass is 960 g/mol. The number of methoxy groups -OCH3 is 1. The fourth-order valence-corrected chi connectivity index (χ4v) is 10.4. The number of hydrazine groups is 2. The highest BCUT2D eigenvalue weighted by Gasteiger charge is 2.46. The molecule has 5 atom stereocenters. The number of nitroso groups, excluding NO2 is 1. The molecule has 18 nitrogen and oxygen atoms in total. The molecule has 2 N–H and O–H groups in total. The summed E-state index contributed by atoms with van der Waals surface area (Å²) in [7, 11) is 3.05. The molecule has 0 spiro atoms. The molecular formula is C52H67N10O8+. The molecule has 4 aliphatic rings. The number of amides is 3. The average Bonchev–Trinajstić information content (AvgIpc) is 3.98. The standard InChI is InChI=1S/C52H66N10O8/c1-8-60-43-17-16-36-27-40(43)41(47(60)38-29-53-33-54-30-38)28-52(4,5)32-70-51(66)42-14-10-20-61(56-42)50(65)45(48(68-7)37-13-9-12-35(36)26-37)55-49(64)46(34(2)3)57(6)62(67)39-18-21-59(31-39)44(63)15-11-19-58-22-24-69-25-23-58/h9,12-13,16-17,26-27,29-30,33-34,39,42,45-46,48,56H,8,10,14,18-25,28,31-32H2,1-7H3/p+1/t39-,42-,45-,46-,48+/m0/s1. The van der Waals surface area contributed by atoms with Crippen molar-refractivity contribution in [1.29, 1.82) is 0 Å². The van der Waals surface area contributed by atoms with Gasteiger partial charge in [-0.3, -0.25) is 29.1 Å². The van der Waals surface area contributed by atoms with Gasteiger partial charge in [-0.25, -0.2) is 15.4 Å². The molecule has 70 heavy (non-hydrogen) atoms. The van der Waals surface area contributed by atoms with E-state index in [9.17, 15) is 19.3 Å². The van der Waals surface area contributed by atoms with E-state index in [4.69, 9.17) is 14.2 Å². The second-order valence-corrected chi connectivity index (χ2v) is 19.9. The summed E-state index contributed by atoms with van der Waals surface area (Å²) in [6, 6.07) is 10.4. The van der Waals surface area contributed by atoms with Crippen LogP contribution >= 0.6 is 0 Å². The van der Waals surface area contributed by atoms with Gasteiger partial charge < -0.3 is 29.0 Å². The number of likely N-dealkylation sites (N-methyl/N-ethyl adjacent to an activating group) is 1. The number of morpholine rings is 1. The number of hydrogen-bond acceptors (Lipinski definition) is 12. The van der Waals surface area contributed by atoms with Crippen LogP contribution in [0.4, 0.5) is 0 Å². The van der Waals surface area contributed by atoms with Crippen LogP contribution < -0.4 is 10.7 Å². The Morgan fingerprint density at radius 1 is 1.03 bits per heavy atom. The Hall–Kier alpha value is -6.26. The maximum atomic E-state index is 15.0. The van der Waals surface area contributed by atoms with Gasteiger partial charge in [-0.05, 0) is 78.5 Å². The summed E-state index contributed by atoms with van der Waals surface area (Å²) in [5.74, 6) is 3.41. The number of ether oxygens (including phenoxy) is 3. The number of nitrogens with one attached hydrogen (secondary N) is 2. The molecule has 3 amide bonds. The van der Waals surface area contributed by atoms with Crippen LogP contribution in [0.2, 0.25) is 0 Å². The van der Waals surface area contributed by atoms with E-state index in [2.05, 4.69) is 81.0 Å². The van der Waals surface area contributed by atoms with E-state index in [1.807, 2.05) is 50.5 Å². The van der Waals surface area contributed by atoms with Gasteiger partial charge in [0, 0.05) is 80.5 Å². The number of hydrogen-bond donors (Lipinski definition) is 2. The zero-order valence-electron chi connectivity index (χ0n) is 41.5. The molecule has 2 aromatic carbocycles. The Bertz CT molecular complexity index is 2640. The number of esters is 1. The van der Waals surface area contributed by atoms with Crippen molar-refractivity contribution in [3.05, 3.63) is 77.2 Å². The van der Waals surface area contributed by atoms with Gasteiger partial charge in [0.05, 0.1) is 50.6 Å². The van der Waals surface area contributed by atoms with E-state index in [0.29, 0.717) is 64.1 Å². The van der Waals surface area contributed by atoms with Crippen molar-refractivity contribution < 1.29 is 38.3 Å². The highest BCUT2D eigenvalue weighted by Crippen LogP contribution is 2.40. The number of cyclic esters (lactones) is 1. The molecule has 6 heterocycles. The van der Waals surface area contributed by atoms with Gasteiger partial charge in [-0.15, -0.1) is 5.01 Å². The topological polar surface area (TPSA) is 184 Å². The Balaban J connectivity index is 1.11. The third-order valence-electron chi connectivity index (χ3n) is 14.0. The maximum Gasteiger partial charge on any atom is 0.324 e. The van der Waals surface area contributed by atoms with E-state index in [1.54, 1.807) is 11.9 Å². The van der Waals surface area contributed by atoms with Crippen molar-refractivity contribution in [3.8, 4) is 34.2 Å². The van der Waals surface area contributed by atoms with Crippen LogP contribution in [0.25, 0.3) is 33.3 Å². The highest BCUT2D eigenvalue weighted by atomic mass is 16.5. The van der Waals surface area contributed by atoms with E-state index < -0.39 is 53.5 Å². The molecule has 0 aliphatic carbocycles. The van der Waals surface area contributed by atoms with Crippen LogP contribution in [0, 0.1) is 28.1 Å². The number of carbonyl (C=O) groups excluding carboxylic acids is 4. The Labute approximate surface area is 409 Å². The minimum atomic E-state index is -1.30. The number of rotatable bonds is 10. The van der Waals surface area contributed by atoms with Crippen LogP contribution in [-0.4, -0.2) is 160 Å². The molecule has 4 aliphatic heterocycles. The van der Waals surface area contributed by atoms with E-state index in [0.717, 1.165) is 56.8 Å². The number of aryl methyl sites for hydroxylation is 1. The molecule has 2 aromatic heterocycles. The second kappa shape index (κ2) is 21.8. The quantitative estimate of drug-likeness (QED) is 0.100. The number of benzene rings is 2. The van der Waals surface area contributed by atoms with Crippen LogP contribution in [0.15, 0.2) is 61.2 Å². The van der Waals surface area contributed by atoms with Crippen LogP contribution in [0.1, 0.15) is 71.1 Å². The van der Waals surface area contributed by atoms with Gasteiger partial charge in [-0.2, -0.15) is 0 Å². The van der Waals surface area contributed by atoms with Crippen molar-refractivity contribution in [3.63, 3.8) is 0 Å². The first-order valence-corrected chi connectivity index (χ1v) is 24.5. The lowest BCUT2D eigenvalue weighted by Crippen LogP contribution is -2.63. The molecule has 3 fully saturated rings. The Morgan fingerprint density at radius 3 is 2.51 bits per heavy atom. The fourth-order valence-electron chi connectivity index (χ4n) is 10.4. The van der Waals surface area contributed by atoms with Gasteiger partial charge in [0.15, 0.2) is 6.04 Å². The second-order valence-electron chi connectivity index (χ2n) is 19.9. The minimum Gasteiger partial charge on any atom is -0.464 e. The molecule has 0 unspecified atom stereocenters. The van der Waals surface area contributed by atoms with Gasteiger partial charge in [0.25, 0.3) is 17.9 Å². The predicted octanol–water partition coefficient (Wildman–Crippen LogP) is 4.17. The van der Waals surface area contributed by atoms with Crippen molar-refractivity contribution in [2.75, 3.05) is 73.2 Å². The minimum absolute atomic E-state index is 0.118. The average molecular weight is 960 g/mol. The van der Waals surface area contributed by atoms with Crippen molar-refractivity contribution in [2.45, 2.75) is 97.1 Å². The maximum absolute atomic E-state index is 15.0. The summed E-state index contributed by atoms with van der Waals surface area (Å²) in [6.45, 7) is 14.8. The Morgan fingerprint density at radius 2 is 1.79 bits per heavy atom. The SMILES string of the molecule is CCn1c(-c2cncnc2)c2c3cc(ccc31)-c1cccc(c1)[C@@H](OC)[C@H](NC(=O)[C@H](C(C)C)N(C)[N+](=O)[C@H]1CCN(C(=O)C#CCN3CCOCC3)C1)C(=O)N1CCC[C@H](N1)C(=O)OCC(C)(C)C2. The number of nitrogens with zero attached hydrogens (tertiary/aromatic N) is 8. The third kappa shape index (κ3) is 10.9. The predicted molar refractivity (Wildman–Crippen MR) is 262 cm³/mol. The van der Waals surface area contributed by atoms with Gasteiger partial charge in [0.1, 0.15) is 29.4 Å². The number of carbonyl (C=O) groups is 4. The molecule has 8 rings (SSSR count). The summed E-state index contributed by atoms with van der Waals surface area (Å²) in [6.07, 6.45) is 6.07. The summed E-state index contributed by atoms with van der Waals surface area (Å²) >= 11 is 0. The van der Waals surface area contributed by atoms with E-state index >= 15 is 4.79 Å². The zero-order valence-corrected chi connectivity index (χ0v) is 41.5. The van der Waals surface area contributed by atoms with Crippen LogP contribution in [0.3, 0.4) is 0 Å². The lowest BCUT2D eigenvalue weighted by atomic mass is 9.84. The fraction of sp³-hybridized carbons (Fsp3) is 0.538. The first-order valence-electron chi connectivity index (χ1n) is 24.5. The molecule has 4 aromatic rings. The first kappa shape index (κ1) is 50.1. The molecule has 18 heteroatoms. The third-order valence-corrected chi connectivity index (χ3v) is 14.0. The summed E-state index contributed by atoms with van der Waals surface area (Å²) in [5.41, 5.74) is 9.08. The van der Waals surface area contributed by atoms with Gasteiger partial charge in [0.2, 0.25) is 5.91 Å². The Kier molecular flexibility index (Phi) is 15.6. The van der Waals surface area contributed by atoms with E-state index in [-0.39, 0.29) is 31.5 Å². The lowest BCUT2D eigenvalue weighted by Gasteiger charge is -2.38. The number of likely N-dealkylation sites (tertiary alicyclic amines) is 1. The number of aromatic nitrogens is 3. The van der Waals surface area contributed by atoms with Crippen molar-refractivity contribution in [2.24, 2.45) is 11.3 Å². The van der Waals surface area contributed by atoms with Crippen LogP contribution in [0.5, 0.6) is 0 Å². The normalized spacial score (nSPS) is 22.5. The first-order chi connectivity index (χ1) is 33.7. The smallest absolute Gasteiger partial charge is 0.324 e.